The van der Waals surface area contributed by atoms with E-state index in [1.54, 1.807) is 18.2 Å². The average Bonchev–Trinajstić information content (AvgIpc) is 2.26. The molecule has 1 amide bonds. The topological polar surface area (TPSA) is 104 Å². The summed E-state index contributed by atoms with van der Waals surface area (Å²) in [6, 6.07) is 6.39. The third kappa shape index (κ3) is 5.37. The fourth-order valence-corrected chi connectivity index (χ4v) is 1.81. The van der Waals surface area contributed by atoms with Gasteiger partial charge in [0.15, 0.2) is 0 Å². The number of amides is 1. The fourth-order valence-electron chi connectivity index (χ4n) is 1.45. The lowest BCUT2D eigenvalue weighted by Gasteiger charge is -2.14. The summed E-state index contributed by atoms with van der Waals surface area (Å²) in [5, 5.41) is 11.2. The Morgan fingerprint density at radius 2 is 2.00 bits per heavy atom. The van der Waals surface area contributed by atoms with Gasteiger partial charge in [0.05, 0.1) is 19.2 Å². The minimum absolute atomic E-state index is 0.146. The van der Waals surface area contributed by atoms with Crippen LogP contribution in [0.15, 0.2) is 24.3 Å². The van der Waals surface area contributed by atoms with Crippen LogP contribution in [0.5, 0.6) is 0 Å². The number of benzene rings is 1. The highest BCUT2D eigenvalue weighted by Gasteiger charge is 2.15. The van der Waals surface area contributed by atoms with Crippen molar-refractivity contribution in [2.24, 2.45) is 0 Å². The number of sulfonamides is 1. The minimum Gasteiger partial charge on any atom is -0.481 e. The Labute approximate surface area is 117 Å². The number of carboxylic acids is 1. The molecule has 0 aliphatic heterocycles. The van der Waals surface area contributed by atoms with Gasteiger partial charge in [-0.25, -0.2) is 8.42 Å². The number of hydrogen-bond donors (Lipinski definition) is 2. The number of nitrogens with zero attached hydrogens (tertiary/aromatic N) is 1. The van der Waals surface area contributed by atoms with E-state index in [4.69, 9.17) is 5.11 Å². The van der Waals surface area contributed by atoms with Crippen molar-refractivity contribution in [3.8, 4) is 0 Å². The van der Waals surface area contributed by atoms with Gasteiger partial charge < -0.3 is 10.4 Å². The molecule has 0 aromatic heterocycles. The van der Waals surface area contributed by atoms with E-state index in [1.165, 1.54) is 13.1 Å². The van der Waals surface area contributed by atoms with Crippen molar-refractivity contribution in [1.82, 2.24) is 4.31 Å². The normalized spacial score (nSPS) is 11.3. The Morgan fingerprint density at radius 1 is 1.35 bits per heavy atom. The largest absolute Gasteiger partial charge is 0.481 e. The predicted octanol–water partition coefficient (Wildman–Crippen LogP) is 0.144. The van der Waals surface area contributed by atoms with Crippen molar-refractivity contribution >= 4 is 27.6 Å². The summed E-state index contributed by atoms with van der Waals surface area (Å²) in [4.78, 5) is 22.3. The number of carbonyl (C=O) groups is 2. The van der Waals surface area contributed by atoms with Crippen LogP contribution in [0, 0.1) is 0 Å². The molecule has 0 spiro atoms. The first-order valence-electron chi connectivity index (χ1n) is 5.70. The zero-order valence-electron chi connectivity index (χ0n) is 11.2. The fraction of sp³-hybridized carbons (Fsp3) is 0.333. The Balaban J connectivity index is 2.69. The van der Waals surface area contributed by atoms with E-state index >= 15 is 0 Å². The van der Waals surface area contributed by atoms with Gasteiger partial charge in [0.2, 0.25) is 15.9 Å². The van der Waals surface area contributed by atoms with Gasteiger partial charge in [-0.05, 0) is 17.7 Å². The van der Waals surface area contributed by atoms with Crippen LogP contribution in [0.25, 0.3) is 0 Å². The molecule has 1 aromatic carbocycles. The van der Waals surface area contributed by atoms with E-state index in [1.807, 2.05) is 0 Å². The van der Waals surface area contributed by atoms with Crippen LogP contribution in [0.1, 0.15) is 5.56 Å². The van der Waals surface area contributed by atoms with E-state index in [-0.39, 0.29) is 13.0 Å². The molecule has 0 radical (unpaired) electrons. The van der Waals surface area contributed by atoms with Gasteiger partial charge in [-0.2, -0.15) is 4.31 Å². The summed E-state index contributed by atoms with van der Waals surface area (Å²) < 4.78 is 23.3. The molecule has 0 aliphatic carbocycles. The molecule has 7 nitrogen and oxygen atoms in total. The molecule has 0 fully saturated rings. The van der Waals surface area contributed by atoms with Gasteiger partial charge >= 0.3 is 5.97 Å². The lowest BCUT2D eigenvalue weighted by Crippen LogP contribution is -2.34. The van der Waals surface area contributed by atoms with Crippen LogP contribution < -0.4 is 5.32 Å². The molecule has 0 bridgehead atoms. The maximum Gasteiger partial charge on any atom is 0.307 e. The van der Waals surface area contributed by atoms with Crippen molar-refractivity contribution in [3.63, 3.8) is 0 Å². The van der Waals surface area contributed by atoms with E-state index < -0.39 is 21.9 Å². The quantitative estimate of drug-likeness (QED) is 0.778. The highest BCUT2D eigenvalue weighted by molar-refractivity contribution is 7.88. The van der Waals surface area contributed by atoms with Crippen molar-refractivity contribution in [2.45, 2.75) is 6.42 Å². The number of rotatable bonds is 6. The zero-order valence-corrected chi connectivity index (χ0v) is 12.0. The minimum atomic E-state index is -3.42. The second-order valence-electron chi connectivity index (χ2n) is 4.34. The van der Waals surface area contributed by atoms with Gasteiger partial charge in [-0.1, -0.05) is 12.1 Å². The number of hydrogen-bond acceptors (Lipinski definition) is 4. The first-order valence-corrected chi connectivity index (χ1v) is 7.55. The Morgan fingerprint density at radius 3 is 2.55 bits per heavy atom. The Kier molecular flexibility index (Phi) is 5.23. The summed E-state index contributed by atoms with van der Waals surface area (Å²) in [6.45, 7) is -0.304. The van der Waals surface area contributed by atoms with E-state index in [2.05, 4.69) is 5.32 Å². The van der Waals surface area contributed by atoms with Crippen molar-refractivity contribution in [3.05, 3.63) is 29.8 Å². The first kappa shape index (κ1) is 16.1. The maximum atomic E-state index is 11.7. The highest BCUT2D eigenvalue weighted by Crippen LogP contribution is 2.11. The van der Waals surface area contributed by atoms with Crippen LogP contribution in [0.4, 0.5) is 5.69 Å². The third-order valence-electron chi connectivity index (χ3n) is 2.50. The number of likely N-dealkylation sites (N-methyl/N-ethyl adjacent to an activating group) is 1. The van der Waals surface area contributed by atoms with Gasteiger partial charge in [0.25, 0.3) is 0 Å². The Hall–Kier alpha value is -1.93. The van der Waals surface area contributed by atoms with Gasteiger partial charge in [-0.15, -0.1) is 0 Å². The maximum absolute atomic E-state index is 11.7. The molecule has 110 valence electrons. The lowest BCUT2D eigenvalue weighted by atomic mass is 10.1. The predicted molar refractivity (Wildman–Crippen MR) is 73.9 cm³/mol. The van der Waals surface area contributed by atoms with Crippen LogP contribution >= 0.6 is 0 Å². The van der Waals surface area contributed by atoms with Gasteiger partial charge in [-0.3, -0.25) is 9.59 Å². The van der Waals surface area contributed by atoms with E-state index in [0.717, 1.165) is 10.6 Å². The van der Waals surface area contributed by atoms with Crippen LogP contribution in [-0.2, 0) is 26.0 Å². The third-order valence-corrected chi connectivity index (χ3v) is 3.76. The standard InChI is InChI=1S/C12H16N2O5S/c1-14(20(2,18)19)8-11(15)13-10-5-3-4-9(6-10)7-12(16)17/h3-6H,7-8H2,1-2H3,(H,13,15)(H,16,17). The molecular formula is C12H16N2O5S. The molecule has 0 aliphatic rings. The number of carboxylic acid groups (broad SMARTS) is 1. The summed E-state index contributed by atoms with van der Waals surface area (Å²) >= 11 is 0. The Bertz CT molecular complexity index is 612. The summed E-state index contributed by atoms with van der Waals surface area (Å²) in [5.41, 5.74) is 0.974. The molecule has 20 heavy (non-hydrogen) atoms. The molecule has 0 atom stereocenters. The molecule has 0 heterocycles. The SMILES string of the molecule is CN(CC(=O)Nc1cccc(CC(=O)O)c1)S(C)(=O)=O. The van der Waals surface area contributed by atoms with Crippen LogP contribution in [0.2, 0.25) is 0 Å². The highest BCUT2D eigenvalue weighted by atomic mass is 32.2. The number of anilines is 1. The smallest absolute Gasteiger partial charge is 0.307 e. The summed E-state index contributed by atoms with van der Waals surface area (Å²) in [6.07, 6.45) is 0.862. The van der Waals surface area contributed by atoms with Crippen molar-refractivity contribution in [2.75, 3.05) is 25.2 Å². The van der Waals surface area contributed by atoms with Gasteiger partial charge in [0.1, 0.15) is 0 Å². The molecular weight excluding hydrogens is 284 g/mol. The molecule has 8 heteroatoms. The van der Waals surface area contributed by atoms with Crippen LogP contribution in [-0.4, -0.2) is 49.6 Å². The molecule has 0 saturated heterocycles. The molecule has 2 N–H and O–H groups in total. The number of nitrogens with one attached hydrogen (secondary N) is 1. The number of aliphatic carboxylic acids is 1. The molecule has 1 rings (SSSR count). The number of carbonyl (C=O) groups excluding carboxylic acids is 1. The van der Waals surface area contributed by atoms with E-state index in [9.17, 15) is 18.0 Å². The first-order chi connectivity index (χ1) is 9.18. The zero-order chi connectivity index (χ0) is 15.3. The van der Waals surface area contributed by atoms with E-state index in [0.29, 0.717) is 11.3 Å². The van der Waals surface area contributed by atoms with Crippen LogP contribution in [0.3, 0.4) is 0 Å². The van der Waals surface area contributed by atoms with Crippen molar-refractivity contribution < 1.29 is 23.1 Å². The van der Waals surface area contributed by atoms with Crippen molar-refractivity contribution in [1.29, 1.82) is 0 Å². The summed E-state index contributed by atoms with van der Waals surface area (Å²) in [7, 11) is -2.12. The molecule has 0 saturated carbocycles. The molecule has 0 unspecified atom stereocenters. The lowest BCUT2D eigenvalue weighted by molar-refractivity contribution is -0.136. The summed E-state index contributed by atoms with van der Waals surface area (Å²) in [5.74, 6) is -1.46. The monoisotopic (exact) mass is 300 g/mol. The van der Waals surface area contributed by atoms with Gasteiger partial charge in [0, 0.05) is 12.7 Å². The second-order valence-corrected chi connectivity index (χ2v) is 6.43. The molecule has 1 aromatic rings. The second kappa shape index (κ2) is 6.49. The average molecular weight is 300 g/mol.